The van der Waals surface area contributed by atoms with E-state index in [1.54, 1.807) is 0 Å². The molecule has 160 valence electrons. The smallest absolute Gasteiger partial charge is 0.251 e. The molecule has 0 unspecified atom stereocenters. The van der Waals surface area contributed by atoms with Crippen molar-refractivity contribution < 1.29 is 9.53 Å². The highest BCUT2D eigenvalue weighted by Crippen LogP contribution is 2.40. The van der Waals surface area contributed by atoms with Gasteiger partial charge in [-0.25, -0.2) is 0 Å². The summed E-state index contributed by atoms with van der Waals surface area (Å²) in [5, 5.41) is 2.99. The van der Waals surface area contributed by atoms with Crippen molar-refractivity contribution in [2.45, 2.75) is 12.0 Å². The summed E-state index contributed by atoms with van der Waals surface area (Å²) in [6.07, 6.45) is 0.701. The molecule has 3 heteroatoms. The quantitative estimate of drug-likeness (QED) is 0.273. The van der Waals surface area contributed by atoms with Gasteiger partial charge in [-0.15, -0.1) is 0 Å². The first kappa shape index (κ1) is 21.5. The Bertz CT molecular complexity index is 1000. The molecule has 0 atom stereocenters. The van der Waals surface area contributed by atoms with Crippen molar-refractivity contribution in [1.29, 1.82) is 0 Å². The Kier molecular flexibility index (Phi) is 7.11. The molecule has 4 rings (SSSR count). The first-order valence-corrected chi connectivity index (χ1v) is 10.9. The molecule has 0 aliphatic carbocycles. The summed E-state index contributed by atoms with van der Waals surface area (Å²) in [6, 6.07) is 40.2. The van der Waals surface area contributed by atoms with E-state index in [2.05, 4.69) is 41.7 Å². The number of ether oxygens (including phenoxy) is 1. The Morgan fingerprint density at radius 3 is 1.47 bits per heavy atom. The molecule has 0 radical (unpaired) electrons. The first-order chi connectivity index (χ1) is 15.8. The van der Waals surface area contributed by atoms with E-state index in [0.29, 0.717) is 25.1 Å². The monoisotopic (exact) mass is 421 g/mol. The predicted octanol–water partition coefficient (Wildman–Crippen LogP) is 5.82. The molecule has 0 spiro atoms. The molecule has 1 amide bonds. The van der Waals surface area contributed by atoms with E-state index in [-0.39, 0.29) is 5.91 Å². The van der Waals surface area contributed by atoms with Crippen LogP contribution in [0.4, 0.5) is 0 Å². The van der Waals surface area contributed by atoms with E-state index in [1.807, 2.05) is 84.9 Å². The van der Waals surface area contributed by atoms with Gasteiger partial charge in [0.25, 0.3) is 5.91 Å². The molecule has 0 fully saturated rings. The molecule has 4 aromatic carbocycles. The van der Waals surface area contributed by atoms with Crippen LogP contribution in [0, 0.1) is 0 Å². The molecule has 0 saturated heterocycles. The van der Waals surface area contributed by atoms with E-state index < -0.39 is 5.60 Å². The normalized spacial score (nSPS) is 11.1. The average molecular weight is 422 g/mol. The van der Waals surface area contributed by atoms with Crippen LogP contribution < -0.4 is 5.32 Å². The standard InChI is InChI=1S/C29H27NO2/c31-28(24-14-5-1-6-15-24)30-22-13-23-32-29(25-16-7-2-8-17-25,26-18-9-3-10-19-26)27-20-11-4-12-21-27/h1-12,14-21H,13,22-23H2,(H,30,31). The van der Waals surface area contributed by atoms with Crippen LogP contribution in [-0.2, 0) is 10.3 Å². The maximum Gasteiger partial charge on any atom is 0.251 e. The number of carbonyl (C=O) groups excluding carboxylic acids is 1. The molecule has 4 aromatic rings. The fraction of sp³-hybridized carbons (Fsp3) is 0.138. The van der Waals surface area contributed by atoms with E-state index in [0.717, 1.165) is 16.7 Å². The second-order valence-corrected chi connectivity index (χ2v) is 7.60. The molecule has 0 bridgehead atoms. The van der Waals surface area contributed by atoms with Crippen LogP contribution in [0.15, 0.2) is 121 Å². The lowest BCUT2D eigenvalue weighted by Gasteiger charge is -2.36. The number of carbonyl (C=O) groups is 1. The highest BCUT2D eigenvalue weighted by Gasteiger charge is 2.37. The van der Waals surface area contributed by atoms with Crippen LogP contribution >= 0.6 is 0 Å². The average Bonchev–Trinajstić information content (AvgIpc) is 2.88. The predicted molar refractivity (Wildman–Crippen MR) is 129 cm³/mol. The largest absolute Gasteiger partial charge is 0.361 e. The summed E-state index contributed by atoms with van der Waals surface area (Å²) < 4.78 is 6.72. The zero-order valence-electron chi connectivity index (χ0n) is 18.0. The highest BCUT2D eigenvalue weighted by molar-refractivity contribution is 5.94. The van der Waals surface area contributed by atoms with Crippen LogP contribution in [0.3, 0.4) is 0 Å². The number of nitrogens with one attached hydrogen (secondary N) is 1. The third-order valence-corrected chi connectivity index (χ3v) is 5.50. The van der Waals surface area contributed by atoms with Gasteiger partial charge in [-0.05, 0) is 35.2 Å². The molecule has 0 aliphatic heterocycles. The van der Waals surface area contributed by atoms with Gasteiger partial charge < -0.3 is 10.1 Å². The lowest BCUT2D eigenvalue weighted by molar-refractivity contribution is 0.0117. The maximum absolute atomic E-state index is 12.3. The number of hydrogen-bond donors (Lipinski definition) is 1. The minimum atomic E-state index is -0.729. The lowest BCUT2D eigenvalue weighted by atomic mass is 9.80. The summed E-state index contributed by atoms with van der Waals surface area (Å²) >= 11 is 0. The topological polar surface area (TPSA) is 38.3 Å². The molecular weight excluding hydrogens is 394 g/mol. The Hall–Kier alpha value is -3.69. The summed E-state index contributed by atoms with van der Waals surface area (Å²) in [4.78, 5) is 12.3. The SMILES string of the molecule is O=C(NCCCOC(c1ccccc1)(c1ccccc1)c1ccccc1)c1ccccc1. The van der Waals surface area contributed by atoms with E-state index >= 15 is 0 Å². The van der Waals surface area contributed by atoms with Gasteiger partial charge in [0.15, 0.2) is 0 Å². The molecule has 0 heterocycles. The molecule has 0 aliphatic rings. The van der Waals surface area contributed by atoms with Crippen molar-refractivity contribution in [1.82, 2.24) is 5.32 Å². The van der Waals surface area contributed by atoms with Crippen molar-refractivity contribution in [3.63, 3.8) is 0 Å². The Morgan fingerprint density at radius 2 is 1.03 bits per heavy atom. The van der Waals surface area contributed by atoms with Gasteiger partial charge in [-0.1, -0.05) is 109 Å². The Morgan fingerprint density at radius 1 is 0.625 bits per heavy atom. The minimum Gasteiger partial charge on any atom is -0.361 e. The van der Waals surface area contributed by atoms with Gasteiger partial charge in [0, 0.05) is 12.1 Å². The van der Waals surface area contributed by atoms with Crippen molar-refractivity contribution >= 4 is 5.91 Å². The van der Waals surface area contributed by atoms with Crippen LogP contribution in [0.25, 0.3) is 0 Å². The van der Waals surface area contributed by atoms with Gasteiger partial charge in [0.2, 0.25) is 0 Å². The van der Waals surface area contributed by atoms with Gasteiger partial charge >= 0.3 is 0 Å². The molecule has 32 heavy (non-hydrogen) atoms. The summed E-state index contributed by atoms with van der Waals surface area (Å²) in [5.41, 5.74) is 3.16. The third-order valence-electron chi connectivity index (χ3n) is 5.50. The number of rotatable bonds is 9. The number of benzene rings is 4. The maximum atomic E-state index is 12.3. The van der Waals surface area contributed by atoms with Gasteiger partial charge in [0.1, 0.15) is 5.60 Å². The van der Waals surface area contributed by atoms with Crippen molar-refractivity contribution in [3.8, 4) is 0 Å². The molecule has 1 N–H and O–H groups in total. The highest BCUT2D eigenvalue weighted by atomic mass is 16.5. The fourth-order valence-corrected chi connectivity index (χ4v) is 3.96. The van der Waals surface area contributed by atoms with Gasteiger partial charge in [-0.2, -0.15) is 0 Å². The van der Waals surface area contributed by atoms with Crippen LogP contribution in [0.5, 0.6) is 0 Å². The van der Waals surface area contributed by atoms with Crippen molar-refractivity contribution in [3.05, 3.63) is 144 Å². The molecule has 0 aromatic heterocycles. The summed E-state index contributed by atoms with van der Waals surface area (Å²) in [7, 11) is 0. The summed E-state index contributed by atoms with van der Waals surface area (Å²) in [6.45, 7) is 1.04. The zero-order chi connectivity index (χ0) is 22.1. The number of amides is 1. The zero-order valence-corrected chi connectivity index (χ0v) is 18.0. The lowest BCUT2D eigenvalue weighted by Crippen LogP contribution is -2.34. The summed E-state index contributed by atoms with van der Waals surface area (Å²) in [5.74, 6) is -0.0639. The fourth-order valence-electron chi connectivity index (χ4n) is 3.96. The molecular formula is C29H27NO2. The van der Waals surface area contributed by atoms with Crippen LogP contribution in [-0.4, -0.2) is 19.1 Å². The second kappa shape index (κ2) is 10.6. The Labute approximate surface area is 189 Å². The minimum absolute atomic E-state index is 0.0639. The van der Waals surface area contributed by atoms with Crippen LogP contribution in [0.1, 0.15) is 33.5 Å². The van der Waals surface area contributed by atoms with E-state index in [1.165, 1.54) is 0 Å². The second-order valence-electron chi connectivity index (χ2n) is 7.60. The molecule has 3 nitrogen and oxygen atoms in total. The number of hydrogen-bond acceptors (Lipinski definition) is 2. The van der Waals surface area contributed by atoms with E-state index in [4.69, 9.17) is 4.74 Å². The van der Waals surface area contributed by atoms with Crippen molar-refractivity contribution in [2.24, 2.45) is 0 Å². The third kappa shape index (κ3) is 4.79. The van der Waals surface area contributed by atoms with E-state index in [9.17, 15) is 4.79 Å². The Balaban J connectivity index is 1.55. The van der Waals surface area contributed by atoms with Gasteiger partial charge in [0.05, 0.1) is 6.61 Å². The molecule has 0 saturated carbocycles. The van der Waals surface area contributed by atoms with Gasteiger partial charge in [-0.3, -0.25) is 4.79 Å². The first-order valence-electron chi connectivity index (χ1n) is 10.9. The van der Waals surface area contributed by atoms with Crippen LogP contribution in [0.2, 0.25) is 0 Å². The van der Waals surface area contributed by atoms with Crippen molar-refractivity contribution in [2.75, 3.05) is 13.2 Å².